The molecule has 110 valence electrons. The first-order chi connectivity index (χ1) is 8.85. The highest BCUT2D eigenvalue weighted by atomic mass is 16.6. The van der Waals surface area contributed by atoms with E-state index in [1.807, 2.05) is 13.8 Å². The van der Waals surface area contributed by atoms with Crippen molar-refractivity contribution in [3.63, 3.8) is 0 Å². The van der Waals surface area contributed by atoms with Crippen molar-refractivity contribution in [3.8, 4) is 0 Å². The summed E-state index contributed by atoms with van der Waals surface area (Å²) in [6.07, 6.45) is 2.16. The fourth-order valence-electron chi connectivity index (χ4n) is 2.19. The van der Waals surface area contributed by atoms with Gasteiger partial charge in [-0.05, 0) is 46.1 Å². The van der Waals surface area contributed by atoms with Crippen LogP contribution in [0.2, 0.25) is 0 Å². The number of amides is 1. The maximum absolute atomic E-state index is 12.0. The lowest BCUT2D eigenvalue weighted by Crippen LogP contribution is -2.43. The SMILES string of the molecule is CC(C)(CCCN)OC(=O)N1CCC(C(=O)O)CC1. The molecular weight excluding hydrogens is 248 g/mol. The van der Waals surface area contributed by atoms with Gasteiger partial charge in [0.15, 0.2) is 0 Å². The number of rotatable bonds is 5. The van der Waals surface area contributed by atoms with Gasteiger partial charge in [-0.3, -0.25) is 4.79 Å². The first kappa shape index (κ1) is 15.8. The third-order valence-electron chi connectivity index (χ3n) is 3.45. The number of nitrogens with two attached hydrogens (primary N) is 1. The number of hydrogen-bond donors (Lipinski definition) is 2. The van der Waals surface area contributed by atoms with Gasteiger partial charge in [-0.1, -0.05) is 0 Å². The Balaban J connectivity index is 2.41. The summed E-state index contributed by atoms with van der Waals surface area (Å²) in [6.45, 7) is 5.20. The Morgan fingerprint density at radius 1 is 1.37 bits per heavy atom. The van der Waals surface area contributed by atoms with Gasteiger partial charge in [0.1, 0.15) is 5.60 Å². The van der Waals surface area contributed by atoms with E-state index >= 15 is 0 Å². The third kappa shape index (κ3) is 5.06. The van der Waals surface area contributed by atoms with Crippen LogP contribution in [-0.4, -0.2) is 47.3 Å². The second-order valence-electron chi connectivity index (χ2n) is 5.62. The number of carboxylic acids is 1. The summed E-state index contributed by atoms with van der Waals surface area (Å²) in [5, 5.41) is 8.90. The van der Waals surface area contributed by atoms with Crippen molar-refractivity contribution in [2.24, 2.45) is 11.7 Å². The van der Waals surface area contributed by atoms with E-state index < -0.39 is 11.6 Å². The molecule has 1 aliphatic heterocycles. The summed E-state index contributed by atoms with van der Waals surface area (Å²) in [5.74, 6) is -1.12. The molecule has 0 unspecified atom stereocenters. The summed E-state index contributed by atoms with van der Waals surface area (Å²) < 4.78 is 5.46. The number of nitrogens with zero attached hydrogens (tertiary/aromatic N) is 1. The van der Waals surface area contributed by atoms with Gasteiger partial charge in [-0.25, -0.2) is 4.79 Å². The molecule has 0 aromatic carbocycles. The summed E-state index contributed by atoms with van der Waals surface area (Å²) in [7, 11) is 0. The minimum absolute atomic E-state index is 0.339. The third-order valence-corrected chi connectivity index (χ3v) is 3.45. The van der Waals surface area contributed by atoms with E-state index in [9.17, 15) is 9.59 Å². The fraction of sp³-hybridized carbons (Fsp3) is 0.846. The average Bonchev–Trinajstić information content (AvgIpc) is 2.36. The lowest BCUT2D eigenvalue weighted by atomic mass is 9.97. The number of carboxylic acid groups (broad SMARTS) is 1. The van der Waals surface area contributed by atoms with Crippen molar-refractivity contribution in [1.82, 2.24) is 4.90 Å². The zero-order valence-electron chi connectivity index (χ0n) is 11.7. The van der Waals surface area contributed by atoms with Gasteiger partial charge in [0.25, 0.3) is 0 Å². The average molecular weight is 272 g/mol. The normalized spacial score (nSPS) is 17.3. The first-order valence-corrected chi connectivity index (χ1v) is 6.76. The Kier molecular flexibility index (Phi) is 5.60. The Labute approximate surface area is 113 Å². The standard InChI is InChI=1S/C13H24N2O4/c1-13(2,6-3-7-14)19-12(18)15-8-4-10(5-9-15)11(16)17/h10H,3-9,14H2,1-2H3,(H,16,17). The second-order valence-corrected chi connectivity index (χ2v) is 5.62. The molecule has 0 saturated carbocycles. The molecule has 0 spiro atoms. The molecule has 1 fully saturated rings. The van der Waals surface area contributed by atoms with Crippen molar-refractivity contribution in [2.45, 2.75) is 45.1 Å². The van der Waals surface area contributed by atoms with Crippen molar-refractivity contribution >= 4 is 12.1 Å². The Bertz CT molecular complexity index is 323. The molecular formula is C13H24N2O4. The molecule has 1 saturated heterocycles. The van der Waals surface area contributed by atoms with Crippen LogP contribution in [0.15, 0.2) is 0 Å². The van der Waals surface area contributed by atoms with Crippen LogP contribution in [0.1, 0.15) is 39.5 Å². The van der Waals surface area contributed by atoms with E-state index in [1.165, 1.54) is 0 Å². The molecule has 0 radical (unpaired) electrons. The number of piperidine rings is 1. The van der Waals surface area contributed by atoms with Gasteiger partial charge >= 0.3 is 12.1 Å². The lowest BCUT2D eigenvalue weighted by molar-refractivity contribution is -0.143. The zero-order valence-corrected chi connectivity index (χ0v) is 11.7. The predicted octanol–water partition coefficient (Wildman–Crippen LogP) is 1.44. The predicted molar refractivity (Wildman–Crippen MR) is 70.8 cm³/mol. The molecule has 3 N–H and O–H groups in total. The van der Waals surface area contributed by atoms with Gasteiger partial charge in [0.2, 0.25) is 0 Å². The summed E-state index contributed by atoms with van der Waals surface area (Å²) in [4.78, 5) is 24.4. The molecule has 1 amide bonds. The minimum Gasteiger partial charge on any atom is -0.481 e. The number of ether oxygens (including phenoxy) is 1. The maximum atomic E-state index is 12.0. The highest BCUT2D eigenvalue weighted by molar-refractivity contribution is 5.71. The first-order valence-electron chi connectivity index (χ1n) is 6.76. The fourth-order valence-corrected chi connectivity index (χ4v) is 2.19. The highest BCUT2D eigenvalue weighted by Gasteiger charge is 2.30. The number of carbonyl (C=O) groups excluding carboxylic acids is 1. The smallest absolute Gasteiger partial charge is 0.410 e. The Morgan fingerprint density at radius 2 is 1.95 bits per heavy atom. The molecule has 0 atom stereocenters. The lowest BCUT2D eigenvalue weighted by Gasteiger charge is -2.33. The summed E-state index contributed by atoms with van der Waals surface area (Å²) in [6, 6.07) is 0. The van der Waals surface area contributed by atoms with E-state index in [0.717, 1.165) is 12.8 Å². The molecule has 0 aromatic rings. The monoisotopic (exact) mass is 272 g/mol. The van der Waals surface area contributed by atoms with Crippen LogP contribution in [0.4, 0.5) is 4.79 Å². The molecule has 1 rings (SSSR count). The second kappa shape index (κ2) is 6.75. The molecule has 1 heterocycles. The van der Waals surface area contributed by atoms with Gasteiger partial charge in [-0.2, -0.15) is 0 Å². The topological polar surface area (TPSA) is 92.9 Å². The van der Waals surface area contributed by atoms with Crippen LogP contribution >= 0.6 is 0 Å². The molecule has 6 heteroatoms. The molecule has 1 aliphatic rings. The summed E-state index contributed by atoms with van der Waals surface area (Å²) >= 11 is 0. The molecule has 6 nitrogen and oxygen atoms in total. The molecule has 0 bridgehead atoms. The molecule has 0 aromatic heterocycles. The van der Waals surface area contributed by atoms with Crippen molar-refractivity contribution in [3.05, 3.63) is 0 Å². The largest absolute Gasteiger partial charge is 0.481 e. The van der Waals surface area contributed by atoms with Crippen LogP contribution in [-0.2, 0) is 9.53 Å². The Morgan fingerprint density at radius 3 is 2.42 bits per heavy atom. The van der Waals surface area contributed by atoms with Crippen molar-refractivity contribution < 1.29 is 19.4 Å². The Hall–Kier alpha value is -1.30. The zero-order chi connectivity index (χ0) is 14.5. The van der Waals surface area contributed by atoms with Crippen LogP contribution < -0.4 is 5.73 Å². The number of hydrogen-bond acceptors (Lipinski definition) is 4. The van der Waals surface area contributed by atoms with E-state index in [0.29, 0.717) is 32.5 Å². The number of likely N-dealkylation sites (tertiary alicyclic amines) is 1. The van der Waals surface area contributed by atoms with Crippen molar-refractivity contribution in [1.29, 1.82) is 0 Å². The van der Waals surface area contributed by atoms with E-state index in [2.05, 4.69) is 0 Å². The summed E-state index contributed by atoms with van der Waals surface area (Å²) in [5.41, 5.74) is 4.92. The van der Waals surface area contributed by atoms with E-state index in [4.69, 9.17) is 15.6 Å². The number of aliphatic carboxylic acids is 1. The van der Waals surface area contributed by atoms with E-state index in [1.54, 1.807) is 4.90 Å². The molecule has 0 aliphatic carbocycles. The van der Waals surface area contributed by atoms with E-state index in [-0.39, 0.29) is 12.0 Å². The van der Waals surface area contributed by atoms with Crippen LogP contribution in [0.25, 0.3) is 0 Å². The van der Waals surface area contributed by atoms with Gasteiger partial charge in [0, 0.05) is 13.1 Å². The highest BCUT2D eigenvalue weighted by Crippen LogP contribution is 2.22. The van der Waals surface area contributed by atoms with Crippen LogP contribution in [0.5, 0.6) is 0 Å². The minimum atomic E-state index is -0.781. The van der Waals surface area contributed by atoms with Crippen LogP contribution in [0.3, 0.4) is 0 Å². The van der Waals surface area contributed by atoms with Gasteiger partial charge < -0.3 is 20.5 Å². The number of carbonyl (C=O) groups is 2. The maximum Gasteiger partial charge on any atom is 0.410 e. The quantitative estimate of drug-likeness (QED) is 0.790. The van der Waals surface area contributed by atoms with Gasteiger partial charge in [-0.15, -0.1) is 0 Å². The molecule has 19 heavy (non-hydrogen) atoms. The van der Waals surface area contributed by atoms with Crippen LogP contribution in [0, 0.1) is 5.92 Å². The van der Waals surface area contributed by atoms with Crippen molar-refractivity contribution in [2.75, 3.05) is 19.6 Å². The van der Waals surface area contributed by atoms with Gasteiger partial charge in [0.05, 0.1) is 5.92 Å².